The Labute approximate surface area is 216 Å². The van der Waals surface area contributed by atoms with Crippen LogP contribution in [0.2, 0.25) is 0 Å². The van der Waals surface area contributed by atoms with Gasteiger partial charge in [0, 0.05) is 29.4 Å². The maximum absolute atomic E-state index is 13.8. The van der Waals surface area contributed by atoms with E-state index in [0.717, 1.165) is 12.1 Å². The van der Waals surface area contributed by atoms with Crippen molar-refractivity contribution < 1.29 is 27.5 Å². The summed E-state index contributed by atoms with van der Waals surface area (Å²) in [5, 5.41) is 9.22. The van der Waals surface area contributed by atoms with Crippen molar-refractivity contribution in [1.29, 1.82) is 5.26 Å². The summed E-state index contributed by atoms with van der Waals surface area (Å²) in [5.41, 5.74) is 6.56. The van der Waals surface area contributed by atoms with Gasteiger partial charge in [-0.25, -0.2) is 9.78 Å². The number of ether oxygens (including phenoxy) is 1. The van der Waals surface area contributed by atoms with Crippen LogP contribution >= 0.6 is 0 Å². The van der Waals surface area contributed by atoms with Gasteiger partial charge in [0.25, 0.3) is 5.91 Å². The number of benzene rings is 2. The van der Waals surface area contributed by atoms with Crippen LogP contribution in [0.4, 0.5) is 18.9 Å². The summed E-state index contributed by atoms with van der Waals surface area (Å²) in [6.07, 6.45) is -0.543. The second-order valence-electron chi connectivity index (χ2n) is 8.34. The van der Waals surface area contributed by atoms with Gasteiger partial charge in [0.15, 0.2) is 0 Å². The number of carbonyl (C=O) groups is 2. The molecule has 8 nitrogen and oxygen atoms in total. The summed E-state index contributed by atoms with van der Waals surface area (Å²) >= 11 is 0. The fourth-order valence-electron chi connectivity index (χ4n) is 4.39. The first-order chi connectivity index (χ1) is 18.1. The molecule has 1 aromatic heterocycles. The van der Waals surface area contributed by atoms with Gasteiger partial charge in [0.05, 0.1) is 35.3 Å². The van der Waals surface area contributed by atoms with Crippen LogP contribution in [0.3, 0.4) is 0 Å². The number of imidazole rings is 1. The van der Waals surface area contributed by atoms with E-state index in [1.165, 1.54) is 59.4 Å². The molecule has 0 aliphatic carbocycles. The first-order valence-electron chi connectivity index (χ1n) is 11.5. The maximum atomic E-state index is 13.8. The molecule has 1 atom stereocenters. The van der Waals surface area contributed by atoms with Gasteiger partial charge < -0.3 is 15.4 Å². The highest BCUT2D eigenvalue weighted by molar-refractivity contribution is 6.04. The van der Waals surface area contributed by atoms with E-state index in [2.05, 4.69) is 4.98 Å². The molecule has 194 valence electrons. The SMILES string of the molecule is CCOC(=O)C1=C(N)N(c2cccc(C(F)(F)F)c2)C(C)=C(C(=O)n2ccnc2)C1c1ccc(C#N)cc1. The largest absolute Gasteiger partial charge is 0.463 e. The maximum Gasteiger partial charge on any atom is 0.416 e. The van der Waals surface area contributed by atoms with Gasteiger partial charge in [-0.3, -0.25) is 9.36 Å². The third kappa shape index (κ3) is 4.76. The molecule has 1 aliphatic rings. The monoisotopic (exact) mass is 521 g/mol. The predicted octanol–water partition coefficient (Wildman–Crippen LogP) is 4.73. The molecule has 0 amide bonds. The number of nitrogens with two attached hydrogens (primary N) is 1. The highest BCUT2D eigenvalue weighted by Gasteiger charge is 2.42. The molecule has 38 heavy (non-hydrogen) atoms. The number of nitrogens with zero attached hydrogens (tertiary/aromatic N) is 4. The number of rotatable bonds is 5. The molecule has 1 unspecified atom stereocenters. The Hall–Kier alpha value is -4.85. The fraction of sp³-hybridized carbons (Fsp3) is 0.185. The Morgan fingerprint density at radius 1 is 1.16 bits per heavy atom. The minimum atomic E-state index is -4.63. The lowest BCUT2D eigenvalue weighted by Crippen LogP contribution is -2.39. The van der Waals surface area contributed by atoms with E-state index in [1.807, 2.05) is 6.07 Å². The van der Waals surface area contributed by atoms with E-state index in [-0.39, 0.29) is 35.0 Å². The van der Waals surface area contributed by atoms with Gasteiger partial charge in [-0.05, 0) is 49.7 Å². The molecule has 4 rings (SSSR count). The van der Waals surface area contributed by atoms with Gasteiger partial charge in [0.1, 0.15) is 12.1 Å². The number of aromatic nitrogens is 2. The van der Waals surface area contributed by atoms with Gasteiger partial charge in [-0.1, -0.05) is 18.2 Å². The minimum Gasteiger partial charge on any atom is -0.463 e. The van der Waals surface area contributed by atoms with Crippen LogP contribution in [0, 0.1) is 11.3 Å². The number of alkyl halides is 3. The van der Waals surface area contributed by atoms with Crippen LogP contribution in [0.25, 0.3) is 0 Å². The van der Waals surface area contributed by atoms with Crippen LogP contribution in [-0.4, -0.2) is 28.0 Å². The summed E-state index contributed by atoms with van der Waals surface area (Å²) in [4.78, 5) is 32.3. The smallest absolute Gasteiger partial charge is 0.416 e. The molecule has 0 saturated heterocycles. The van der Waals surface area contributed by atoms with E-state index >= 15 is 0 Å². The number of hydrogen-bond acceptors (Lipinski definition) is 7. The third-order valence-electron chi connectivity index (χ3n) is 6.09. The van der Waals surface area contributed by atoms with E-state index < -0.39 is 29.5 Å². The highest BCUT2D eigenvalue weighted by Crippen LogP contribution is 2.44. The standard InChI is InChI=1S/C27H22F3N5O3/c1-3-38-26(37)23-22(18-9-7-17(14-31)8-10-18)21(25(36)34-12-11-33-15-34)16(2)35(24(23)32)20-6-4-5-19(13-20)27(28,29)30/h4-13,15,22H,3,32H2,1-2H3. The second-order valence-corrected chi connectivity index (χ2v) is 8.34. The molecular weight excluding hydrogens is 499 g/mol. The van der Waals surface area contributed by atoms with Crippen LogP contribution < -0.4 is 10.6 Å². The molecule has 1 aliphatic heterocycles. The van der Waals surface area contributed by atoms with Crippen molar-refractivity contribution in [3.05, 3.63) is 107 Å². The van der Waals surface area contributed by atoms with E-state index in [9.17, 15) is 28.0 Å². The fourth-order valence-corrected chi connectivity index (χ4v) is 4.39. The zero-order valence-corrected chi connectivity index (χ0v) is 20.4. The van der Waals surface area contributed by atoms with E-state index in [1.54, 1.807) is 19.1 Å². The Bertz CT molecular complexity index is 1480. The summed E-state index contributed by atoms with van der Waals surface area (Å²) in [7, 11) is 0. The van der Waals surface area contributed by atoms with E-state index in [0.29, 0.717) is 11.1 Å². The number of anilines is 1. The molecular formula is C27H22F3N5O3. The summed E-state index contributed by atoms with van der Waals surface area (Å²) in [5.74, 6) is -2.63. The summed E-state index contributed by atoms with van der Waals surface area (Å²) < 4.78 is 47.1. The number of esters is 1. The first-order valence-corrected chi connectivity index (χ1v) is 11.5. The van der Waals surface area contributed by atoms with E-state index in [4.69, 9.17) is 10.5 Å². The number of hydrogen-bond donors (Lipinski definition) is 1. The Morgan fingerprint density at radius 2 is 1.87 bits per heavy atom. The van der Waals surface area contributed by atoms with Crippen molar-refractivity contribution >= 4 is 17.6 Å². The lowest BCUT2D eigenvalue weighted by molar-refractivity contribution is -0.139. The minimum absolute atomic E-state index is 0.00540. The molecule has 0 fully saturated rings. The normalized spacial score (nSPS) is 15.9. The first kappa shape index (κ1) is 26.2. The lowest BCUT2D eigenvalue weighted by Gasteiger charge is -2.37. The molecule has 2 heterocycles. The summed E-state index contributed by atoms with van der Waals surface area (Å²) in [6, 6.07) is 12.7. The van der Waals surface area contributed by atoms with Crippen LogP contribution in [0.5, 0.6) is 0 Å². The molecule has 11 heteroatoms. The van der Waals surface area contributed by atoms with Crippen molar-refractivity contribution in [1.82, 2.24) is 9.55 Å². The molecule has 0 spiro atoms. The topological polar surface area (TPSA) is 114 Å². The molecule has 2 aromatic carbocycles. The van der Waals surface area contributed by atoms with Gasteiger partial charge in [-0.15, -0.1) is 0 Å². The molecule has 0 saturated carbocycles. The zero-order valence-electron chi connectivity index (χ0n) is 20.4. The second kappa shape index (κ2) is 10.3. The third-order valence-corrected chi connectivity index (χ3v) is 6.09. The van der Waals surface area contributed by atoms with Crippen LogP contribution in [0.15, 0.2) is 89.9 Å². The summed E-state index contributed by atoms with van der Waals surface area (Å²) in [6.45, 7) is 3.13. The lowest BCUT2D eigenvalue weighted by atomic mass is 9.80. The number of halogens is 3. The molecule has 0 bridgehead atoms. The quantitative estimate of drug-likeness (QED) is 0.483. The van der Waals surface area contributed by atoms with Crippen molar-refractivity contribution in [2.45, 2.75) is 25.9 Å². The van der Waals surface area contributed by atoms with Crippen LogP contribution in [0.1, 0.15) is 41.3 Å². The predicted molar refractivity (Wildman–Crippen MR) is 131 cm³/mol. The van der Waals surface area contributed by atoms with Gasteiger partial charge in [-0.2, -0.15) is 18.4 Å². The number of nitriles is 1. The molecule has 2 N–H and O–H groups in total. The van der Waals surface area contributed by atoms with Gasteiger partial charge in [0.2, 0.25) is 0 Å². The van der Waals surface area contributed by atoms with Crippen LogP contribution in [-0.2, 0) is 15.7 Å². The zero-order chi connectivity index (χ0) is 27.6. The van der Waals surface area contributed by atoms with Crippen molar-refractivity contribution in [2.24, 2.45) is 5.73 Å². The average Bonchev–Trinajstić information content (AvgIpc) is 3.43. The Morgan fingerprint density at radius 3 is 2.45 bits per heavy atom. The molecule has 3 aromatic rings. The Kier molecular flexibility index (Phi) is 7.08. The Balaban J connectivity index is 2.02. The highest BCUT2D eigenvalue weighted by atomic mass is 19.4. The number of carbonyl (C=O) groups excluding carboxylic acids is 2. The van der Waals surface area contributed by atoms with Crippen molar-refractivity contribution in [3.63, 3.8) is 0 Å². The molecule has 0 radical (unpaired) electrons. The van der Waals surface area contributed by atoms with Gasteiger partial charge >= 0.3 is 12.1 Å². The van der Waals surface area contributed by atoms with Crippen molar-refractivity contribution in [2.75, 3.05) is 11.5 Å². The van der Waals surface area contributed by atoms with Crippen molar-refractivity contribution in [3.8, 4) is 6.07 Å². The average molecular weight is 521 g/mol. The number of allylic oxidation sites excluding steroid dienone is 2.